The molecule has 1 aliphatic carbocycles. The normalized spacial score (nSPS) is 31.9. The van der Waals surface area contributed by atoms with Crippen LogP contribution in [-0.2, 0) is 5.41 Å². The molecule has 5 heteroatoms. The van der Waals surface area contributed by atoms with Gasteiger partial charge in [0.25, 0.3) is 0 Å². The first-order valence-corrected chi connectivity index (χ1v) is 11.6. The third kappa shape index (κ3) is 4.20. The van der Waals surface area contributed by atoms with Gasteiger partial charge < -0.3 is 15.7 Å². The van der Waals surface area contributed by atoms with Crippen molar-refractivity contribution in [2.45, 2.75) is 50.0 Å². The number of carbonyl (C=O) groups is 1. The van der Waals surface area contributed by atoms with Crippen LogP contribution in [0.2, 0.25) is 0 Å². The molecule has 3 N–H and O–H groups in total. The molecule has 1 saturated carbocycles. The summed E-state index contributed by atoms with van der Waals surface area (Å²) in [4.78, 5) is 14.0. The maximum Gasteiger partial charge on any atom is 0.248 e. The van der Waals surface area contributed by atoms with Crippen LogP contribution in [0.5, 0.6) is 0 Å². The molecule has 1 heterocycles. The van der Waals surface area contributed by atoms with Gasteiger partial charge in [-0.2, -0.15) is 0 Å². The quantitative estimate of drug-likeness (QED) is 0.677. The summed E-state index contributed by atoms with van der Waals surface area (Å²) in [5.74, 6) is 0.491. The molecule has 0 radical (unpaired) electrons. The monoisotopic (exact) mass is 470 g/mol. The van der Waals surface area contributed by atoms with Crippen LogP contribution >= 0.6 is 15.9 Å². The number of rotatable bonds is 5. The zero-order valence-corrected chi connectivity index (χ0v) is 19.4. The second kappa shape index (κ2) is 8.10. The van der Waals surface area contributed by atoms with Crippen LogP contribution in [0.1, 0.15) is 60.5 Å². The first-order chi connectivity index (χ1) is 14.2. The van der Waals surface area contributed by atoms with Gasteiger partial charge in [0.05, 0.1) is 5.60 Å². The van der Waals surface area contributed by atoms with E-state index in [-0.39, 0.29) is 11.3 Å². The van der Waals surface area contributed by atoms with Crippen molar-refractivity contribution in [3.8, 4) is 0 Å². The summed E-state index contributed by atoms with van der Waals surface area (Å²) in [5, 5.41) is 11.1. The number of β-amino-alcohol motifs (C(OH)–C–C–N with tert-alkyl or cyclic N) is 1. The number of piperidine rings is 1. The SMILES string of the molecule is C[C@H]1CN(CC2(O)CC(c3ccc(Br)cc3)C2)CC[C@@]1(C)c1cccc(C(N)=O)c1. The lowest BCUT2D eigenvalue weighted by Gasteiger charge is -2.50. The van der Waals surface area contributed by atoms with Gasteiger partial charge in [-0.25, -0.2) is 0 Å². The average molecular weight is 471 g/mol. The minimum Gasteiger partial charge on any atom is -0.389 e. The van der Waals surface area contributed by atoms with Gasteiger partial charge in [0.1, 0.15) is 0 Å². The molecule has 1 aliphatic heterocycles. The van der Waals surface area contributed by atoms with Crippen molar-refractivity contribution < 1.29 is 9.90 Å². The largest absolute Gasteiger partial charge is 0.389 e. The Morgan fingerprint density at radius 3 is 2.57 bits per heavy atom. The number of amides is 1. The van der Waals surface area contributed by atoms with Crippen molar-refractivity contribution in [1.82, 2.24) is 4.90 Å². The Bertz CT molecular complexity index is 923. The fraction of sp³-hybridized carbons (Fsp3) is 0.480. The zero-order chi connectivity index (χ0) is 21.5. The molecule has 4 nitrogen and oxygen atoms in total. The maximum absolute atomic E-state index is 11.6. The molecule has 0 bridgehead atoms. The van der Waals surface area contributed by atoms with E-state index in [1.54, 1.807) is 6.07 Å². The van der Waals surface area contributed by atoms with Crippen LogP contribution in [0.25, 0.3) is 0 Å². The molecule has 160 valence electrons. The van der Waals surface area contributed by atoms with Crippen molar-refractivity contribution in [2.75, 3.05) is 19.6 Å². The number of benzene rings is 2. The van der Waals surface area contributed by atoms with Crippen molar-refractivity contribution >= 4 is 21.8 Å². The fourth-order valence-corrected chi connectivity index (χ4v) is 5.55. The highest BCUT2D eigenvalue weighted by Crippen LogP contribution is 2.46. The van der Waals surface area contributed by atoms with Crippen LogP contribution in [-0.4, -0.2) is 41.1 Å². The first kappa shape index (κ1) is 21.5. The van der Waals surface area contributed by atoms with E-state index in [0.717, 1.165) is 43.4 Å². The molecule has 0 unspecified atom stereocenters. The Morgan fingerprint density at radius 1 is 1.23 bits per heavy atom. The molecular formula is C25H31BrN2O2. The van der Waals surface area contributed by atoms with Crippen LogP contribution in [0.3, 0.4) is 0 Å². The molecule has 2 fully saturated rings. The molecule has 0 spiro atoms. The van der Waals surface area contributed by atoms with Gasteiger partial charge in [-0.05, 0) is 78.5 Å². The van der Waals surface area contributed by atoms with E-state index < -0.39 is 5.60 Å². The molecule has 1 amide bonds. The summed E-state index contributed by atoms with van der Waals surface area (Å²) >= 11 is 3.49. The van der Waals surface area contributed by atoms with Crippen LogP contribution in [0.15, 0.2) is 53.0 Å². The molecule has 2 atom stereocenters. The Hall–Kier alpha value is -1.69. The van der Waals surface area contributed by atoms with Crippen LogP contribution < -0.4 is 5.73 Å². The summed E-state index contributed by atoms with van der Waals surface area (Å²) < 4.78 is 1.09. The number of carbonyl (C=O) groups excluding carboxylic acids is 1. The van der Waals surface area contributed by atoms with Gasteiger partial charge in [0.2, 0.25) is 5.91 Å². The third-order valence-electron chi connectivity index (χ3n) is 7.49. The fourth-order valence-electron chi connectivity index (χ4n) is 5.29. The number of aliphatic hydroxyl groups is 1. The number of likely N-dealkylation sites (tertiary alicyclic amines) is 1. The van der Waals surface area contributed by atoms with E-state index in [0.29, 0.717) is 17.4 Å². The van der Waals surface area contributed by atoms with Gasteiger partial charge in [0, 0.05) is 23.1 Å². The van der Waals surface area contributed by atoms with E-state index in [1.165, 1.54) is 11.1 Å². The highest BCUT2D eigenvalue weighted by atomic mass is 79.9. The maximum atomic E-state index is 11.6. The molecule has 4 rings (SSSR count). The number of nitrogens with two attached hydrogens (primary N) is 1. The van der Waals surface area contributed by atoms with Crippen molar-refractivity contribution in [3.05, 3.63) is 69.7 Å². The summed E-state index contributed by atoms with van der Waals surface area (Å²) in [6.45, 7) is 7.20. The van der Waals surface area contributed by atoms with Gasteiger partial charge in [-0.1, -0.05) is 54.0 Å². The number of hydrogen-bond acceptors (Lipinski definition) is 3. The lowest BCUT2D eigenvalue weighted by molar-refractivity contribution is -0.0815. The standard InChI is InChI=1S/C25H31BrN2O2/c1-17-15-28(11-10-24(17,2)21-5-3-4-19(12-21)23(27)29)16-25(30)13-20(14-25)18-6-8-22(26)9-7-18/h3-9,12,17,20,30H,10-11,13-16H2,1-2H3,(H2,27,29)/t17-,20?,24+,25?/m0/s1. The Balaban J connectivity index is 1.37. The van der Waals surface area contributed by atoms with Crippen LogP contribution in [0.4, 0.5) is 0 Å². The minimum atomic E-state index is -0.586. The molecule has 0 aromatic heterocycles. The van der Waals surface area contributed by atoms with Gasteiger partial charge in [-0.15, -0.1) is 0 Å². The lowest BCUT2D eigenvalue weighted by atomic mass is 9.65. The topological polar surface area (TPSA) is 66.6 Å². The predicted molar refractivity (Wildman–Crippen MR) is 124 cm³/mol. The molecule has 2 aliphatic rings. The molecule has 2 aromatic rings. The minimum absolute atomic E-state index is 0.00412. The summed E-state index contributed by atoms with van der Waals surface area (Å²) in [6.07, 6.45) is 2.66. The van der Waals surface area contributed by atoms with Gasteiger partial charge in [0.15, 0.2) is 0 Å². The number of nitrogens with zero attached hydrogens (tertiary/aromatic N) is 1. The second-order valence-electron chi connectivity index (χ2n) is 9.63. The van der Waals surface area contributed by atoms with Gasteiger partial charge in [-0.3, -0.25) is 4.79 Å². The van der Waals surface area contributed by atoms with E-state index in [4.69, 9.17) is 5.73 Å². The summed E-state index contributed by atoms with van der Waals surface area (Å²) in [5.41, 5.74) is 7.98. The Kier molecular flexibility index (Phi) is 5.82. The highest BCUT2D eigenvalue weighted by molar-refractivity contribution is 9.10. The second-order valence-corrected chi connectivity index (χ2v) is 10.5. The van der Waals surface area contributed by atoms with Crippen molar-refractivity contribution in [3.63, 3.8) is 0 Å². The van der Waals surface area contributed by atoms with Gasteiger partial charge >= 0.3 is 0 Å². The lowest BCUT2D eigenvalue weighted by Crippen LogP contribution is -2.56. The molecule has 30 heavy (non-hydrogen) atoms. The van der Waals surface area contributed by atoms with E-state index >= 15 is 0 Å². The first-order valence-electron chi connectivity index (χ1n) is 10.8. The molecule has 2 aromatic carbocycles. The summed E-state index contributed by atoms with van der Waals surface area (Å²) in [6, 6.07) is 16.2. The van der Waals surface area contributed by atoms with E-state index in [2.05, 4.69) is 65.0 Å². The number of halogens is 1. The molecule has 1 saturated heterocycles. The van der Waals surface area contributed by atoms with E-state index in [9.17, 15) is 9.90 Å². The third-order valence-corrected chi connectivity index (χ3v) is 8.01. The number of hydrogen-bond donors (Lipinski definition) is 2. The Morgan fingerprint density at radius 2 is 1.93 bits per heavy atom. The average Bonchev–Trinajstić information content (AvgIpc) is 2.70. The highest BCUT2D eigenvalue weighted by Gasteiger charge is 2.46. The van der Waals surface area contributed by atoms with E-state index in [1.807, 2.05) is 12.1 Å². The van der Waals surface area contributed by atoms with Crippen molar-refractivity contribution in [2.24, 2.45) is 11.7 Å². The predicted octanol–water partition coefficient (Wildman–Crippen LogP) is 4.46. The molecular weight excluding hydrogens is 440 g/mol. The summed E-state index contributed by atoms with van der Waals surface area (Å²) in [7, 11) is 0. The smallest absolute Gasteiger partial charge is 0.248 e. The number of primary amides is 1. The zero-order valence-electron chi connectivity index (χ0n) is 17.8. The van der Waals surface area contributed by atoms with Crippen molar-refractivity contribution in [1.29, 1.82) is 0 Å². The van der Waals surface area contributed by atoms with Crippen LogP contribution in [0, 0.1) is 5.92 Å². The Labute approximate surface area is 187 Å².